The summed E-state index contributed by atoms with van der Waals surface area (Å²) in [6, 6.07) is 10.4. The first-order chi connectivity index (χ1) is 10.8. The first-order valence-corrected chi connectivity index (χ1v) is 8.63. The van der Waals surface area contributed by atoms with Crippen LogP contribution in [0.1, 0.15) is 25.7 Å². The normalized spacial score (nSPS) is 25.2. The summed E-state index contributed by atoms with van der Waals surface area (Å²) in [5.41, 5.74) is 0. The first kappa shape index (κ1) is 15.8. The minimum Gasteiger partial charge on any atom is -0.491 e. The van der Waals surface area contributed by atoms with Gasteiger partial charge < -0.3 is 9.84 Å². The number of benzene rings is 1. The molecule has 2 fully saturated rings. The Kier molecular flexibility index (Phi) is 5.70. The first-order valence-electron chi connectivity index (χ1n) is 8.63. The zero-order chi connectivity index (χ0) is 15.2. The highest BCUT2D eigenvalue weighted by atomic mass is 16.5. The second kappa shape index (κ2) is 7.95. The number of hydrogen-bond acceptors (Lipinski definition) is 4. The Labute approximate surface area is 133 Å². The van der Waals surface area contributed by atoms with Crippen molar-refractivity contribution in [2.24, 2.45) is 0 Å². The van der Waals surface area contributed by atoms with E-state index in [1.54, 1.807) is 0 Å². The monoisotopic (exact) mass is 304 g/mol. The molecule has 0 saturated carbocycles. The Morgan fingerprint density at radius 3 is 2.64 bits per heavy atom. The van der Waals surface area contributed by atoms with E-state index in [2.05, 4.69) is 9.80 Å². The SMILES string of the molecule is O[C@H](COc1ccccc1)CN1CCC[C@@H](N2CCCC2)C1. The molecular formula is C18H28N2O2. The minimum atomic E-state index is -0.419. The second-order valence-corrected chi connectivity index (χ2v) is 6.58. The van der Waals surface area contributed by atoms with E-state index in [4.69, 9.17) is 4.74 Å². The van der Waals surface area contributed by atoms with Crippen LogP contribution in [-0.4, -0.2) is 66.4 Å². The van der Waals surface area contributed by atoms with E-state index in [1.165, 1.54) is 38.8 Å². The van der Waals surface area contributed by atoms with Crippen LogP contribution in [0.4, 0.5) is 0 Å². The zero-order valence-corrected chi connectivity index (χ0v) is 13.4. The van der Waals surface area contributed by atoms with E-state index in [-0.39, 0.29) is 0 Å². The van der Waals surface area contributed by atoms with Crippen LogP contribution >= 0.6 is 0 Å². The van der Waals surface area contributed by atoms with Crippen molar-refractivity contribution in [2.75, 3.05) is 39.3 Å². The molecule has 0 unspecified atom stereocenters. The van der Waals surface area contributed by atoms with E-state index in [9.17, 15) is 5.11 Å². The fourth-order valence-corrected chi connectivity index (χ4v) is 3.66. The number of piperidine rings is 1. The molecule has 0 aromatic heterocycles. The zero-order valence-electron chi connectivity index (χ0n) is 13.4. The fraction of sp³-hybridized carbons (Fsp3) is 0.667. The quantitative estimate of drug-likeness (QED) is 0.872. The molecule has 2 aliphatic rings. The average Bonchev–Trinajstić information content (AvgIpc) is 3.09. The van der Waals surface area contributed by atoms with Crippen LogP contribution in [0.3, 0.4) is 0 Å². The largest absolute Gasteiger partial charge is 0.491 e. The summed E-state index contributed by atoms with van der Waals surface area (Å²) >= 11 is 0. The predicted octanol–water partition coefficient (Wildman–Crippen LogP) is 1.99. The molecule has 2 aliphatic heterocycles. The van der Waals surface area contributed by atoms with Crippen LogP contribution in [0.15, 0.2) is 30.3 Å². The van der Waals surface area contributed by atoms with Gasteiger partial charge in [-0.05, 0) is 57.5 Å². The lowest BCUT2D eigenvalue weighted by atomic mass is 10.0. The number of ether oxygens (including phenoxy) is 1. The van der Waals surface area contributed by atoms with Crippen molar-refractivity contribution in [2.45, 2.75) is 37.8 Å². The molecule has 0 amide bonds. The third-order valence-corrected chi connectivity index (χ3v) is 4.79. The molecule has 3 rings (SSSR count). The number of β-amino-alcohol motifs (C(OH)–C–C–N with tert-alkyl or cyclic N) is 1. The summed E-state index contributed by atoms with van der Waals surface area (Å²) < 4.78 is 5.65. The standard InChI is InChI=1S/C18H28N2O2/c21-17(15-22-18-8-2-1-3-9-18)14-19-10-6-7-16(13-19)20-11-4-5-12-20/h1-3,8-9,16-17,21H,4-7,10-15H2/t16-,17+/m1/s1. The molecular weight excluding hydrogens is 276 g/mol. The highest BCUT2D eigenvalue weighted by Gasteiger charge is 2.27. The second-order valence-electron chi connectivity index (χ2n) is 6.58. The molecule has 122 valence electrons. The van der Waals surface area contributed by atoms with Gasteiger partial charge in [-0.15, -0.1) is 0 Å². The summed E-state index contributed by atoms with van der Waals surface area (Å²) in [6.07, 6.45) is 4.84. The number of nitrogens with zero attached hydrogens (tertiary/aromatic N) is 2. The van der Waals surface area contributed by atoms with Crippen LogP contribution in [-0.2, 0) is 0 Å². The lowest BCUT2D eigenvalue weighted by Crippen LogP contribution is -2.49. The molecule has 4 heteroatoms. The molecule has 0 radical (unpaired) electrons. The van der Waals surface area contributed by atoms with Crippen molar-refractivity contribution in [3.05, 3.63) is 30.3 Å². The number of aliphatic hydroxyl groups is 1. The Morgan fingerprint density at radius 2 is 1.86 bits per heavy atom. The van der Waals surface area contributed by atoms with Gasteiger partial charge in [-0.1, -0.05) is 18.2 Å². The maximum absolute atomic E-state index is 10.2. The van der Waals surface area contributed by atoms with Crippen molar-refractivity contribution in [1.82, 2.24) is 9.80 Å². The molecule has 0 aliphatic carbocycles. The minimum absolute atomic E-state index is 0.370. The van der Waals surface area contributed by atoms with Gasteiger partial charge in [0.15, 0.2) is 0 Å². The molecule has 1 N–H and O–H groups in total. The summed E-state index contributed by atoms with van der Waals surface area (Å²) in [5.74, 6) is 0.829. The van der Waals surface area contributed by atoms with Crippen molar-refractivity contribution >= 4 is 0 Å². The van der Waals surface area contributed by atoms with Gasteiger partial charge in [0.25, 0.3) is 0 Å². The van der Waals surface area contributed by atoms with E-state index in [1.807, 2.05) is 30.3 Å². The van der Waals surface area contributed by atoms with Gasteiger partial charge in [-0.3, -0.25) is 9.80 Å². The summed E-state index contributed by atoms with van der Waals surface area (Å²) in [5, 5.41) is 10.2. The number of hydrogen-bond donors (Lipinski definition) is 1. The van der Waals surface area contributed by atoms with Crippen molar-refractivity contribution in [3.63, 3.8) is 0 Å². The molecule has 4 nitrogen and oxygen atoms in total. The van der Waals surface area contributed by atoms with Gasteiger partial charge in [-0.25, -0.2) is 0 Å². The summed E-state index contributed by atoms with van der Waals surface area (Å²) in [7, 11) is 0. The Morgan fingerprint density at radius 1 is 1.09 bits per heavy atom. The predicted molar refractivity (Wildman–Crippen MR) is 88.2 cm³/mol. The molecule has 22 heavy (non-hydrogen) atoms. The molecule has 0 spiro atoms. The van der Waals surface area contributed by atoms with Crippen LogP contribution in [0.25, 0.3) is 0 Å². The molecule has 0 bridgehead atoms. The number of aliphatic hydroxyl groups excluding tert-OH is 1. The van der Waals surface area contributed by atoms with E-state index in [0.29, 0.717) is 12.6 Å². The summed E-state index contributed by atoms with van der Waals surface area (Å²) in [6.45, 7) is 5.82. The highest BCUT2D eigenvalue weighted by Crippen LogP contribution is 2.20. The molecule has 2 heterocycles. The maximum Gasteiger partial charge on any atom is 0.119 e. The smallest absolute Gasteiger partial charge is 0.119 e. The molecule has 1 aromatic carbocycles. The van der Waals surface area contributed by atoms with E-state index < -0.39 is 6.10 Å². The third kappa shape index (κ3) is 4.45. The molecule has 2 atom stereocenters. The Hall–Kier alpha value is -1.10. The van der Waals surface area contributed by atoms with Crippen LogP contribution in [0.2, 0.25) is 0 Å². The van der Waals surface area contributed by atoms with Crippen molar-refractivity contribution in [1.29, 1.82) is 0 Å². The number of para-hydroxylation sites is 1. The van der Waals surface area contributed by atoms with E-state index in [0.717, 1.165) is 25.4 Å². The third-order valence-electron chi connectivity index (χ3n) is 4.79. The van der Waals surface area contributed by atoms with Gasteiger partial charge in [-0.2, -0.15) is 0 Å². The van der Waals surface area contributed by atoms with Crippen LogP contribution in [0.5, 0.6) is 5.75 Å². The van der Waals surface area contributed by atoms with Crippen molar-refractivity contribution < 1.29 is 9.84 Å². The fourth-order valence-electron chi connectivity index (χ4n) is 3.66. The average molecular weight is 304 g/mol. The topological polar surface area (TPSA) is 35.9 Å². The van der Waals surface area contributed by atoms with Crippen LogP contribution < -0.4 is 4.74 Å². The number of rotatable bonds is 6. The van der Waals surface area contributed by atoms with Gasteiger partial charge in [0.1, 0.15) is 18.5 Å². The van der Waals surface area contributed by atoms with Gasteiger partial charge >= 0.3 is 0 Å². The Bertz CT molecular complexity index is 434. The maximum atomic E-state index is 10.2. The van der Waals surface area contributed by atoms with Gasteiger partial charge in [0.2, 0.25) is 0 Å². The summed E-state index contributed by atoms with van der Waals surface area (Å²) in [4.78, 5) is 5.05. The van der Waals surface area contributed by atoms with Gasteiger partial charge in [0, 0.05) is 19.1 Å². The number of likely N-dealkylation sites (tertiary alicyclic amines) is 2. The Balaban J connectivity index is 1.41. The lowest BCUT2D eigenvalue weighted by molar-refractivity contribution is 0.0416. The van der Waals surface area contributed by atoms with Gasteiger partial charge in [0.05, 0.1) is 0 Å². The highest BCUT2D eigenvalue weighted by molar-refractivity contribution is 5.20. The molecule has 2 saturated heterocycles. The van der Waals surface area contributed by atoms with E-state index >= 15 is 0 Å². The lowest BCUT2D eigenvalue weighted by Gasteiger charge is -2.38. The van der Waals surface area contributed by atoms with Crippen LogP contribution in [0, 0.1) is 0 Å². The van der Waals surface area contributed by atoms with Crippen molar-refractivity contribution in [3.8, 4) is 5.75 Å². The molecule has 1 aromatic rings.